The molecule has 0 amide bonds. The number of hydrogen-bond acceptors (Lipinski definition) is 6. The highest BCUT2D eigenvalue weighted by Crippen LogP contribution is 2.20. The van der Waals surface area contributed by atoms with Crippen LogP contribution in [0.3, 0.4) is 0 Å². The first-order valence-corrected chi connectivity index (χ1v) is 9.37. The Morgan fingerprint density at radius 2 is 1.73 bits per heavy atom. The minimum absolute atomic E-state index is 0.00295. The second kappa shape index (κ2) is 8.77. The number of hydrogen-bond donors (Lipinski definition) is 1. The summed E-state index contributed by atoms with van der Waals surface area (Å²) in [6.07, 6.45) is 1.73. The van der Waals surface area contributed by atoms with E-state index in [1.165, 1.54) is 43.7 Å². The Bertz CT molecular complexity index is 1020. The predicted molar refractivity (Wildman–Crippen MR) is 108 cm³/mol. The third-order valence-corrected chi connectivity index (χ3v) is 4.38. The van der Waals surface area contributed by atoms with Crippen LogP contribution in [-0.4, -0.2) is 37.6 Å². The maximum Gasteiger partial charge on any atom is 0.347 e. The number of nitrogens with zero attached hydrogens (tertiary/aromatic N) is 3. The molecule has 156 valence electrons. The van der Waals surface area contributed by atoms with Gasteiger partial charge in [-0.2, -0.15) is 0 Å². The first-order chi connectivity index (χ1) is 14.2. The van der Waals surface area contributed by atoms with Crippen molar-refractivity contribution in [3.05, 3.63) is 77.1 Å². The molecule has 0 aliphatic heterocycles. The molecule has 30 heavy (non-hydrogen) atoms. The topological polar surface area (TPSA) is 104 Å². The molecule has 3 aromatic rings. The predicted octanol–water partition coefficient (Wildman–Crippen LogP) is 3.23. The molecule has 0 saturated heterocycles. The van der Waals surface area contributed by atoms with E-state index in [1.807, 2.05) is 31.2 Å². The van der Waals surface area contributed by atoms with E-state index in [2.05, 4.69) is 10.3 Å². The lowest BCUT2D eigenvalue weighted by Crippen LogP contribution is -2.37. The van der Waals surface area contributed by atoms with Crippen molar-refractivity contribution in [2.75, 3.05) is 0 Å². The number of carboxylic acids is 1. The van der Waals surface area contributed by atoms with Crippen LogP contribution in [0.5, 0.6) is 5.75 Å². The van der Waals surface area contributed by atoms with Crippen LogP contribution >= 0.6 is 0 Å². The van der Waals surface area contributed by atoms with Gasteiger partial charge in [-0.1, -0.05) is 35.0 Å². The molecule has 1 heterocycles. The van der Waals surface area contributed by atoms with Crippen molar-refractivity contribution >= 4 is 11.9 Å². The third kappa shape index (κ3) is 5.44. The van der Waals surface area contributed by atoms with Crippen molar-refractivity contribution in [1.29, 1.82) is 0 Å². The van der Waals surface area contributed by atoms with Crippen molar-refractivity contribution < 1.29 is 24.2 Å². The number of ether oxygens (including phenoxy) is 2. The van der Waals surface area contributed by atoms with E-state index in [1.54, 1.807) is 10.9 Å². The molecule has 8 nitrogen and oxygen atoms in total. The number of benzene rings is 2. The summed E-state index contributed by atoms with van der Waals surface area (Å²) in [4.78, 5) is 23.4. The maximum absolute atomic E-state index is 12.2. The molecule has 1 N–H and O–H groups in total. The molecule has 0 fully saturated rings. The van der Waals surface area contributed by atoms with E-state index in [-0.39, 0.29) is 6.61 Å². The molecule has 3 rings (SSSR count). The Morgan fingerprint density at radius 3 is 2.37 bits per heavy atom. The quantitative estimate of drug-likeness (QED) is 0.570. The van der Waals surface area contributed by atoms with Gasteiger partial charge in [0.05, 0.1) is 18.3 Å². The molecule has 0 aliphatic carbocycles. The number of rotatable bonds is 8. The van der Waals surface area contributed by atoms with Gasteiger partial charge in [0.25, 0.3) is 0 Å². The molecule has 0 saturated carbocycles. The van der Waals surface area contributed by atoms with Gasteiger partial charge in [-0.05, 0) is 50.6 Å². The molecule has 2 aromatic carbocycles. The number of aryl methyl sites for hydroxylation is 1. The fraction of sp³-hybridized carbons (Fsp3) is 0.273. The highest BCUT2D eigenvalue weighted by molar-refractivity contribution is 5.89. The van der Waals surface area contributed by atoms with E-state index < -0.39 is 17.5 Å². The Balaban J connectivity index is 1.53. The molecule has 1 aromatic heterocycles. The summed E-state index contributed by atoms with van der Waals surface area (Å²) in [6, 6.07) is 14.2. The molecule has 0 atom stereocenters. The second-order valence-corrected chi connectivity index (χ2v) is 7.41. The Morgan fingerprint density at radius 1 is 1.07 bits per heavy atom. The Hall–Kier alpha value is -3.68. The first-order valence-electron chi connectivity index (χ1n) is 9.37. The van der Waals surface area contributed by atoms with Gasteiger partial charge in [0.15, 0.2) is 5.60 Å². The zero-order chi connectivity index (χ0) is 21.7. The van der Waals surface area contributed by atoms with Gasteiger partial charge in [-0.15, -0.1) is 5.10 Å². The molecular formula is C22H23N3O5. The SMILES string of the molecule is Cc1ccc(Cn2cc(COC(=O)c3ccc(OC(C)(C)C(=O)O)cc3)nn2)cc1. The van der Waals surface area contributed by atoms with Crippen molar-refractivity contribution in [3.8, 4) is 5.75 Å². The van der Waals surface area contributed by atoms with Crippen LogP contribution < -0.4 is 4.74 Å². The standard InChI is InChI=1S/C22H23N3O5/c1-15-4-6-16(7-5-15)12-25-13-18(23-24-25)14-29-20(26)17-8-10-19(11-9-17)30-22(2,3)21(27)28/h4-11,13H,12,14H2,1-3H3,(H,27,28). The average Bonchev–Trinajstić information content (AvgIpc) is 3.15. The van der Waals surface area contributed by atoms with Crippen molar-refractivity contribution in [1.82, 2.24) is 15.0 Å². The van der Waals surface area contributed by atoms with Crippen LogP contribution in [0, 0.1) is 6.92 Å². The number of esters is 1. The summed E-state index contributed by atoms with van der Waals surface area (Å²) in [5.74, 6) is -1.26. The van der Waals surface area contributed by atoms with Crippen LogP contribution in [0.25, 0.3) is 0 Å². The molecule has 0 aliphatic rings. The second-order valence-electron chi connectivity index (χ2n) is 7.41. The summed E-state index contributed by atoms with van der Waals surface area (Å²) in [5.41, 5.74) is 1.78. The highest BCUT2D eigenvalue weighted by Gasteiger charge is 2.29. The Kier molecular flexibility index (Phi) is 6.15. The summed E-state index contributed by atoms with van der Waals surface area (Å²) in [7, 11) is 0. The van der Waals surface area contributed by atoms with Crippen LogP contribution in [0.2, 0.25) is 0 Å². The fourth-order valence-electron chi connectivity index (χ4n) is 2.58. The van der Waals surface area contributed by atoms with Gasteiger partial charge in [0.1, 0.15) is 18.1 Å². The lowest BCUT2D eigenvalue weighted by molar-refractivity contribution is -0.152. The number of carboxylic acid groups (broad SMARTS) is 1. The molecule has 0 radical (unpaired) electrons. The van der Waals surface area contributed by atoms with Gasteiger partial charge in [0, 0.05) is 0 Å². The molecule has 0 bridgehead atoms. The van der Waals surface area contributed by atoms with Crippen LogP contribution in [-0.2, 0) is 22.7 Å². The van der Waals surface area contributed by atoms with Crippen molar-refractivity contribution in [2.24, 2.45) is 0 Å². The fourth-order valence-corrected chi connectivity index (χ4v) is 2.58. The first kappa shape index (κ1) is 21.0. The highest BCUT2D eigenvalue weighted by atomic mass is 16.5. The van der Waals surface area contributed by atoms with E-state index in [0.29, 0.717) is 23.6 Å². The zero-order valence-corrected chi connectivity index (χ0v) is 17.0. The van der Waals surface area contributed by atoms with E-state index in [9.17, 15) is 9.59 Å². The lowest BCUT2D eigenvalue weighted by atomic mass is 10.1. The Labute approximate surface area is 174 Å². The van der Waals surface area contributed by atoms with Gasteiger partial charge < -0.3 is 14.6 Å². The zero-order valence-electron chi connectivity index (χ0n) is 17.0. The van der Waals surface area contributed by atoms with Gasteiger partial charge >= 0.3 is 11.9 Å². The number of carbonyl (C=O) groups is 2. The van der Waals surface area contributed by atoms with Crippen molar-refractivity contribution in [3.63, 3.8) is 0 Å². The summed E-state index contributed by atoms with van der Waals surface area (Å²) in [6.45, 7) is 5.50. The van der Waals surface area contributed by atoms with Crippen LogP contribution in [0.15, 0.2) is 54.7 Å². The largest absolute Gasteiger partial charge is 0.478 e. The van der Waals surface area contributed by atoms with Gasteiger partial charge in [-0.25, -0.2) is 14.3 Å². The summed E-state index contributed by atoms with van der Waals surface area (Å²) in [5, 5.41) is 17.2. The molecule has 0 unspecified atom stereocenters. The van der Waals surface area contributed by atoms with Gasteiger partial charge in [-0.3, -0.25) is 0 Å². The molecule has 8 heteroatoms. The van der Waals surface area contributed by atoms with Gasteiger partial charge in [0.2, 0.25) is 0 Å². The number of aliphatic carboxylic acids is 1. The lowest BCUT2D eigenvalue weighted by Gasteiger charge is -2.21. The number of carbonyl (C=O) groups excluding carboxylic acids is 1. The summed E-state index contributed by atoms with van der Waals surface area (Å²) >= 11 is 0. The molecular weight excluding hydrogens is 386 g/mol. The summed E-state index contributed by atoms with van der Waals surface area (Å²) < 4.78 is 12.4. The minimum Gasteiger partial charge on any atom is -0.478 e. The smallest absolute Gasteiger partial charge is 0.347 e. The van der Waals surface area contributed by atoms with Crippen LogP contribution in [0.1, 0.15) is 41.0 Å². The van der Waals surface area contributed by atoms with E-state index in [4.69, 9.17) is 14.6 Å². The van der Waals surface area contributed by atoms with Crippen molar-refractivity contribution in [2.45, 2.75) is 39.5 Å². The molecule has 0 spiro atoms. The maximum atomic E-state index is 12.2. The monoisotopic (exact) mass is 409 g/mol. The third-order valence-electron chi connectivity index (χ3n) is 4.38. The van der Waals surface area contributed by atoms with E-state index in [0.717, 1.165) is 5.56 Å². The van der Waals surface area contributed by atoms with E-state index >= 15 is 0 Å². The average molecular weight is 409 g/mol. The number of aromatic nitrogens is 3. The minimum atomic E-state index is -1.37. The normalized spacial score (nSPS) is 11.2. The van der Waals surface area contributed by atoms with Crippen LogP contribution in [0.4, 0.5) is 0 Å².